The van der Waals surface area contributed by atoms with Crippen molar-refractivity contribution in [2.45, 2.75) is 6.42 Å². The molecule has 2 heterocycles. The van der Waals surface area contributed by atoms with Gasteiger partial charge in [-0.2, -0.15) is 9.78 Å². The van der Waals surface area contributed by atoms with Crippen LogP contribution in [0.1, 0.15) is 11.4 Å². The third-order valence-electron chi connectivity index (χ3n) is 2.83. The molecule has 0 amide bonds. The first-order valence-electron chi connectivity index (χ1n) is 6.19. The number of benzene rings is 1. The van der Waals surface area contributed by atoms with Gasteiger partial charge in [-0.1, -0.05) is 35.0 Å². The van der Waals surface area contributed by atoms with E-state index >= 15 is 0 Å². The molecule has 1 aromatic carbocycles. The highest BCUT2D eigenvalue weighted by molar-refractivity contribution is 5.77. The van der Waals surface area contributed by atoms with E-state index in [4.69, 9.17) is 0 Å². The van der Waals surface area contributed by atoms with Crippen LogP contribution < -0.4 is 0 Å². The molecule has 0 radical (unpaired) electrons. The van der Waals surface area contributed by atoms with Crippen LogP contribution in [0.2, 0.25) is 0 Å². The summed E-state index contributed by atoms with van der Waals surface area (Å²) in [7, 11) is 0. The van der Waals surface area contributed by atoms with Crippen molar-refractivity contribution < 1.29 is 9.72 Å². The maximum atomic E-state index is 12.3. The molecular formula is C12H9N7O3. The zero-order valence-electron chi connectivity index (χ0n) is 11.1. The number of carbonyl (C=O) groups is 1. The number of nitrogens with zero attached hydrogens (tertiary/aromatic N) is 7. The summed E-state index contributed by atoms with van der Waals surface area (Å²) in [5.74, 6) is -0.488. The van der Waals surface area contributed by atoms with Crippen molar-refractivity contribution >= 4 is 12.0 Å². The van der Waals surface area contributed by atoms with Crippen molar-refractivity contribution in [3.05, 3.63) is 64.5 Å². The van der Waals surface area contributed by atoms with Crippen molar-refractivity contribution in [2.75, 3.05) is 0 Å². The molecule has 110 valence electrons. The van der Waals surface area contributed by atoms with Gasteiger partial charge in [0, 0.05) is 5.10 Å². The van der Waals surface area contributed by atoms with E-state index < -0.39 is 16.9 Å². The second-order valence-corrected chi connectivity index (χ2v) is 4.28. The Balaban J connectivity index is 2.01. The summed E-state index contributed by atoms with van der Waals surface area (Å²) in [6, 6.07) is 8.45. The summed E-state index contributed by atoms with van der Waals surface area (Å²) in [4.78, 5) is 29.8. The molecular weight excluding hydrogens is 290 g/mol. The van der Waals surface area contributed by atoms with Gasteiger partial charge in [0.2, 0.25) is 5.82 Å². The Kier molecular flexibility index (Phi) is 3.40. The molecule has 0 aliphatic carbocycles. The molecule has 0 atom stereocenters. The van der Waals surface area contributed by atoms with Gasteiger partial charge in [-0.05, 0) is 15.5 Å². The normalized spacial score (nSPS) is 10.5. The minimum absolute atomic E-state index is 0.151. The zero-order valence-corrected chi connectivity index (χ0v) is 11.1. The minimum atomic E-state index is -0.750. The zero-order chi connectivity index (χ0) is 15.5. The average molecular weight is 299 g/mol. The summed E-state index contributed by atoms with van der Waals surface area (Å²) >= 11 is 0. The first-order chi connectivity index (χ1) is 10.6. The Morgan fingerprint density at radius 3 is 2.68 bits per heavy atom. The van der Waals surface area contributed by atoms with E-state index in [1.807, 2.05) is 30.3 Å². The summed E-state index contributed by atoms with van der Waals surface area (Å²) in [5, 5.41) is 18.2. The fraction of sp³-hybridized carbons (Fsp3) is 0.0833. The molecule has 3 rings (SSSR count). The molecule has 10 nitrogen and oxygen atoms in total. The molecule has 10 heteroatoms. The van der Waals surface area contributed by atoms with Gasteiger partial charge in [-0.3, -0.25) is 0 Å². The molecule has 0 aliphatic rings. The summed E-state index contributed by atoms with van der Waals surface area (Å²) in [6.45, 7) is 0. The first kappa shape index (κ1) is 13.5. The predicted octanol–water partition coefficient (Wildman–Crippen LogP) is 0.885. The summed E-state index contributed by atoms with van der Waals surface area (Å²) in [5.41, 5.74) is 0.845. The van der Waals surface area contributed by atoms with Crippen molar-refractivity contribution in [3.8, 4) is 0 Å². The van der Waals surface area contributed by atoms with Crippen LogP contribution in [-0.4, -0.2) is 40.5 Å². The Bertz CT molecular complexity index is 811. The van der Waals surface area contributed by atoms with Crippen LogP contribution in [0.4, 0.5) is 10.7 Å². The average Bonchev–Trinajstić information content (AvgIpc) is 3.17. The lowest BCUT2D eigenvalue weighted by molar-refractivity contribution is -0.394. The fourth-order valence-electron chi connectivity index (χ4n) is 1.86. The smallest absolute Gasteiger partial charge is 0.390 e. The highest BCUT2D eigenvalue weighted by Crippen LogP contribution is 2.12. The molecule has 3 aromatic rings. The van der Waals surface area contributed by atoms with Crippen LogP contribution in [0, 0.1) is 10.1 Å². The number of hydrogen-bond donors (Lipinski definition) is 0. The van der Waals surface area contributed by atoms with Gasteiger partial charge in [0.25, 0.3) is 0 Å². The van der Waals surface area contributed by atoms with Crippen LogP contribution in [0.15, 0.2) is 43.0 Å². The lowest BCUT2D eigenvalue weighted by Gasteiger charge is -1.99. The van der Waals surface area contributed by atoms with Gasteiger partial charge >= 0.3 is 12.0 Å². The van der Waals surface area contributed by atoms with E-state index in [0.717, 1.165) is 14.9 Å². The molecule has 0 N–H and O–H groups in total. The van der Waals surface area contributed by atoms with Crippen molar-refractivity contribution in [3.63, 3.8) is 0 Å². The van der Waals surface area contributed by atoms with E-state index in [1.165, 1.54) is 12.7 Å². The van der Waals surface area contributed by atoms with Crippen molar-refractivity contribution in [1.29, 1.82) is 0 Å². The molecule has 0 spiro atoms. The predicted molar refractivity (Wildman–Crippen MR) is 72.1 cm³/mol. The highest BCUT2D eigenvalue weighted by atomic mass is 16.6. The third-order valence-corrected chi connectivity index (χ3v) is 2.83. The number of rotatable bonds is 3. The van der Waals surface area contributed by atoms with Crippen LogP contribution in [0.5, 0.6) is 0 Å². The van der Waals surface area contributed by atoms with E-state index in [2.05, 4.69) is 20.2 Å². The SMILES string of the molecule is O=C(n1cncn1)n1nc([N+](=O)[O-])nc1Cc1ccccc1. The molecule has 0 unspecified atom stereocenters. The highest BCUT2D eigenvalue weighted by Gasteiger charge is 2.27. The van der Waals surface area contributed by atoms with Gasteiger partial charge in [0.1, 0.15) is 12.7 Å². The molecule has 0 fully saturated rings. The maximum Gasteiger partial charge on any atom is 0.491 e. The number of aromatic nitrogens is 6. The summed E-state index contributed by atoms with van der Waals surface area (Å²) < 4.78 is 1.78. The van der Waals surface area contributed by atoms with E-state index in [1.54, 1.807) is 0 Å². The molecule has 0 aliphatic heterocycles. The topological polar surface area (TPSA) is 122 Å². The lowest BCUT2D eigenvalue weighted by atomic mass is 10.1. The van der Waals surface area contributed by atoms with Crippen molar-refractivity contribution in [1.82, 2.24) is 29.5 Å². The van der Waals surface area contributed by atoms with Crippen LogP contribution in [0.25, 0.3) is 0 Å². The van der Waals surface area contributed by atoms with E-state index in [9.17, 15) is 14.9 Å². The Morgan fingerprint density at radius 2 is 2.05 bits per heavy atom. The summed E-state index contributed by atoms with van der Waals surface area (Å²) in [6.07, 6.45) is 2.59. The Labute approximate surface area is 123 Å². The monoisotopic (exact) mass is 299 g/mol. The first-order valence-corrected chi connectivity index (χ1v) is 6.19. The van der Waals surface area contributed by atoms with Crippen LogP contribution >= 0.6 is 0 Å². The second-order valence-electron chi connectivity index (χ2n) is 4.28. The third kappa shape index (κ3) is 2.57. The molecule has 22 heavy (non-hydrogen) atoms. The fourth-order valence-corrected chi connectivity index (χ4v) is 1.86. The van der Waals surface area contributed by atoms with Gasteiger partial charge in [0.15, 0.2) is 0 Å². The second kappa shape index (κ2) is 5.52. The van der Waals surface area contributed by atoms with Crippen molar-refractivity contribution in [2.24, 2.45) is 0 Å². The van der Waals surface area contributed by atoms with Gasteiger partial charge < -0.3 is 10.1 Å². The van der Waals surface area contributed by atoms with Gasteiger partial charge in [-0.25, -0.2) is 9.78 Å². The van der Waals surface area contributed by atoms with Gasteiger partial charge in [0.05, 0.1) is 6.42 Å². The number of carbonyl (C=O) groups excluding carboxylic acids is 1. The van der Waals surface area contributed by atoms with E-state index in [-0.39, 0.29) is 12.2 Å². The Morgan fingerprint density at radius 1 is 1.27 bits per heavy atom. The largest absolute Gasteiger partial charge is 0.491 e. The van der Waals surface area contributed by atoms with Crippen LogP contribution in [0.3, 0.4) is 0 Å². The lowest BCUT2D eigenvalue weighted by Crippen LogP contribution is -2.23. The minimum Gasteiger partial charge on any atom is -0.390 e. The maximum absolute atomic E-state index is 12.3. The van der Waals surface area contributed by atoms with Crippen LogP contribution in [-0.2, 0) is 6.42 Å². The molecule has 0 saturated heterocycles. The van der Waals surface area contributed by atoms with Gasteiger partial charge in [-0.15, -0.1) is 0 Å². The quantitative estimate of drug-likeness (QED) is 0.519. The number of hydrogen-bond acceptors (Lipinski definition) is 7. The standard InChI is InChI=1S/C12H9N7O3/c20-12(17-8-13-7-14-17)18-10(15-11(16-18)19(21)22)6-9-4-2-1-3-5-9/h1-5,7-8H,6H2. The molecule has 0 bridgehead atoms. The molecule has 0 saturated carbocycles. The number of nitro groups is 1. The van der Waals surface area contributed by atoms with E-state index in [0.29, 0.717) is 0 Å². The molecule has 2 aromatic heterocycles. The Hall–Kier alpha value is -3.43.